The van der Waals surface area contributed by atoms with Crippen LogP contribution in [-0.4, -0.2) is 47.4 Å². The SMILES string of the molecule is CCc1ccc(C(=O)N2CCN(C(C)(C)C#N)CC2)cc1. The summed E-state index contributed by atoms with van der Waals surface area (Å²) in [6.07, 6.45) is 0.983. The predicted octanol–water partition coefficient (Wildman–Crippen LogP) is 2.31. The molecule has 1 saturated heterocycles. The van der Waals surface area contributed by atoms with Gasteiger partial charge in [-0.25, -0.2) is 0 Å². The van der Waals surface area contributed by atoms with Gasteiger partial charge in [-0.1, -0.05) is 19.1 Å². The second-order valence-corrected chi connectivity index (χ2v) is 6.00. The number of rotatable bonds is 3. The van der Waals surface area contributed by atoms with Crippen molar-refractivity contribution in [2.75, 3.05) is 26.2 Å². The Labute approximate surface area is 127 Å². The second kappa shape index (κ2) is 6.28. The molecule has 2 rings (SSSR count). The van der Waals surface area contributed by atoms with Gasteiger partial charge in [-0.2, -0.15) is 5.26 Å². The third-order valence-electron chi connectivity index (χ3n) is 4.24. The van der Waals surface area contributed by atoms with E-state index in [0.717, 1.165) is 25.1 Å². The van der Waals surface area contributed by atoms with Gasteiger partial charge in [0.25, 0.3) is 5.91 Å². The van der Waals surface area contributed by atoms with Crippen LogP contribution in [-0.2, 0) is 6.42 Å². The van der Waals surface area contributed by atoms with E-state index in [1.54, 1.807) is 0 Å². The molecule has 0 N–H and O–H groups in total. The molecule has 4 nitrogen and oxygen atoms in total. The number of benzene rings is 1. The summed E-state index contributed by atoms with van der Waals surface area (Å²) in [5, 5.41) is 9.18. The topological polar surface area (TPSA) is 47.3 Å². The van der Waals surface area contributed by atoms with Gasteiger partial charge in [-0.15, -0.1) is 0 Å². The zero-order valence-corrected chi connectivity index (χ0v) is 13.1. The minimum Gasteiger partial charge on any atom is -0.336 e. The Morgan fingerprint density at radius 3 is 2.24 bits per heavy atom. The summed E-state index contributed by atoms with van der Waals surface area (Å²) in [4.78, 5) is 16.5. The maximum atomic E-state index is 12.5. The first-order valence-corrected chi connectivity index (χ1v) is 7.52. The van der Waals surface area contributed by atoms with Crippen molar-refractivity contribution in [1.29, 1.82) is 5.26 Å². The number of nitrogens with zero attached hydrogens (tertiary/aromatic N) is 3. The molecule has 1 aliphatic heterocycles. The molecule has 0 atom stereocenters. The molecule has 1 amide bonds. The van der Waals surface area contributed by atoms with E-state index in [2.05, 4.69) is 17.9 Å². The zero-order valence-electron chi connectivity index (χ0n) is 13.1. The van der Waals surface area contributed by atoms with Crippen LogP contribution in [0.15, 0.2) is 24.3 Å². The number of piperazine rings is 1. The summed E-state index contributed by atoms with van der Waals surface area (Å²) in [5.41, 5.74) is 1.53. The van der Waals surface area contributed by atoms with Crippen molar-refractivity contribution in [3.63, 3.8) is 0 Å². The molecule has 0 spiro atoms. The molecule has 1 aliphatic rings. The first-order valence-electron chi connectivity index (χ1n) is 7.52. The number of aryl methyl sites for hydroxylation is 1. The van der Waals surface area contributed by atoms with Crippen molar-refractivity contribution in [1.82, 2.24) is 9.80 Å². The van der Waals surface area contributed by atoms with E-state index in [1.165, 1.54) is 5.56 Å². The molecular weight excluding hydrogens is 262 g/mol. The number of hydrogen-bond acceptors (Lipinski definition) is 3. The zero-order chi connectivity index (χ0) is 15.5. The lowest BCUT2D eigenvalue weighted by atomic mass is 10.0. The third kappa shape index (κ3) is 3.43. The highest BCUT2D eigenvalue weighted by molar-refractivity contribution is 5.94. The highest BCUT2D eigenvalue weighted by Crippen LogP contribution is 2.17. The van der Waals surface area contributed by atoms with Crippen molar-refractivity contribution >= 4 is 5.91 Å². The molecule has 0 aromatic heterocycles. The Hall–Kier alpha value is -1.86. The summed E-state index contributed by atoms with van der Waals surface area (Å²) < 4.78 is 0. The number of hydrogen-bond donors (Lipinski definition) is 0. The number of carbonyl (C=O) groups is 1. The van der Waals surface area contributed by atoms with E-state index in [9.17, 15) is 10.1 Å². The standard InChI is InChI=1S/C17H23N3O/c1-4-14-5-7-15(8-6-14)16(21)19-9-11-20(12-10-19)17(2,3)13-18/h5-8H,4,9-12H2,1-3H3. The van der Waals surface area contributed by atoms with Crippen LogP contribution in [0.2, 0.25) is 0 Å². The molecule has 1 fully saturated rings. The van der Waals surface area contributed by atoms with Crippen LogP contribution < -0.4 is 0 Å². The molecule has 4 heteroatoms. The van der Waals surface area contributed by atoms with Gasteiger partial charge in [-0.3, -0.25) is 9.69 Å². The van der Waals surface area contributed by atoms with Crippen LogP contribution in [0.25, 0.3) is 0 Å². The van der Waals surface area contributed by atoms with Crippen molar-refractivity contribution in [3.05, 3.63) is 35.4 Å². The fourth-order valence-electron chi connectivity index (χ4n) is 2.60. The highest BCUT2D eigenvalue weighted by Gasteiger charge is 2.31. The van der Waals surface area contributed by atoms with Gasteiger partial charge in [-0.05, 0) is 38.0 Å². The normalized spacial score (nSPS) is 16.6. The van der Waals surface area contributed by atoms with Crippen LogP contribution in [0, 0.1) is 11.3 Å². The largest absolute Gasteiger partial charge is 0.336 e. The minimum absolute atomic E-state index is 0.0899. The van der Waals surface area contributed by atoms with Crippen LogP contribution in [0.4, 0.5) is 0 Å². The first kappa shape index (κ1) is 15.5. The summed E-state index contributed by atoms with van der Waals surface area (Å²) in [5.74, 6) is 0.0899. The van der Waals surface area contributed by atoms with E-state index in [0.29, 0.717) is 13.1 Å². The van der Waals surface area contributed by atoms with E-state index in [-0.39, 0.29) is 5.91 Å². The maximum absolute atomic E-state index is 12.5. The monoisotopic (exact) mass is 285 g/mol. The smallest absolute Gasteiger partial charge is 0.253 e. The number of carbonyl (C=O) groups excluding carboxylic acids is 1. The van der Waals surface area contributed by atoms with Crippen LogP contribution in [0.1, 0.15) is 36.7 Å². The lowest BCUT2D eigenvalue weighted by molar-refractivity contribution is 0.0521. The molecular formula is C17H23N3O. The number of amides is 1. The van der Waals surface area contributed by atoms with E-state index >= 15 is 0 Å². The summed E-state index contributed by atoms with van der Waals surface area (Å²) in [6, 6.07) is 10.2. The molecule has 0 aliphatic carbocycles. The summed E-state index contributed by atoms with van der Waals surface area (Å²) in [6.45, 7) is 8.81. The van der Waals surface area contributed by atoms with Gasteiger partial charge >= 0.3 is 0 Å². The molecule has 0 radical (unpaired) electrons. The molecule has 1 aromatic rings. The van der Waals surface area contributed by atoms with Gasteiger partial charge in [0.1, 0.15) is 5.54 Å². The van der Waals surface area contributed by atoms with Gasteiger partial charge in [0.15, 0.2) is 0 Å². The fourth-order valence-corrected chi connectivity index (χ4v) is 2.60. The van der Waals surface area contributed by atoms with Crippen LogP contribution >= 0.6 is 0 Å². The highest BCUT2D eigenvalue weighted by atomic mass is 16.2. The van der Waals surface area contributed by atoms with Crippen molar-refractivity contribution < 1.29 is 4.79 Å². The Kier molecular flexibility index (Phi) is 4.64. The predicted molar refractivity (Wildman–Crippen MR) is 83.0 cm³/mol. The van der Waals surface area contributed by atoms with Gasteiger partial charge in [0, 0.05) is 31.7 Å². The fraction of sp³-hybridized carbons (Fsp3) is 0.529. The van der Waals surface area contributed by atoms with Crippen LogP contribution in [0.3, 0.4) is 0 Å². The van der Waals surface area contributed by atoms with Gasteiger partial charge in [0.05, 0.1) is 6.07 Å². The van der Waals surface area contributed by atoms with Crippen molar-refractivity contribution in [2.45, 2.75) is 32.7 Å². The van der Waals surface area contributed by atoms with Crippen molar-refractivity contribution in [2.24, 2.45) is 0 Å². The van der Waals surface area contributed by atoms with Crippen molar-refractivity contribution in [3.8, 4) is 6.07 Å². The Bertz CT molecular complexity index is 534. The Morgan fingerprint density at radius 2 is 1.76 bits per heavy atom. The second-order valence-electron chi connectivity index (χ2n) is 6.00. The molecule has 0 saturated carbocycles. The minimum atomic E-state index is -0.460. The molecule has 112 valence electrons. The molecule has 1 heterocycles. The van der Waals surface area contributed by atoms with Crippen LogP contribution in [0.5, 0.6) is 0 Å². The van der Waals surface area contributed by atoms with E-state index < -0.39 is 5.54 Å². The molecule has 0 unspecified atom stereocenters. The lowest BCUT2D eigenvalue weighted by Crippen LogP contribution is -2.55. The quantitative estimate of drug-likeness (QED) is 0.856. The average Bonchev–Trinajstić information content (AvgIpc) is 2.54. The maximum Gasteiger partial charge on any atom is 0.253 e. The summed E-state index contributed by atoms with van der Waals surface area (Å²) >= 11 is 0. The van der Waals surface area contributed by atoms with Gasteiger partial charge < -0.3 is 4.90 Å². The van der Waals surface area contributed by atoms with Gasteiger partial charge in [0.2, 0.25) is 0 Å². The first-order chi connectivity index (χ1) is 9.97. The molecule has 1 aromatic carbocycles. The Balaban J connectivity index is 1.98. The third-order valence-corrected chi connectivity index (χ3v) is 4.24. The summed E-state index contributed by atoms with van der Waals surface area (Å²) in [7, 11) is 0. The van der Waals surface area contributed by atoms with E-state index in [4.69, 9.17) is 0 Å². The van der Waals surface area contributed by atoms with E-state index in [1.807, 2.05) is 43.0 Å². The molecule has 0 bridgehead atoms. The molecule has 21 heavy (non-hydrogen) atoms. The average molecular weight is 285 g/mol. The lowest BCUT2D eigenvalue weighted by Gasteiger charge is -2.40. The number of nitriles is 1. The Morgan fingerprint density at radius 1 is 1.19 bits per heavy atom.